The molecule has 0 unspecified atom stereocenters. The van der Waals surface area contributed by atoms with E-state index in [2.05, 4.69) is 0 Å². The molecule has 0 bridgehead atoms. The quantitative estimate of drug-likeness (QED) is 0.428. The van der Waals surface area contributed by atoms with Crippen molar-refractivity contribution in [2.45, 2.75) is 0 Å². The van der Waals surface area contributed by atoms with E-state index < -0.39 is 4.92 Å². The number of halogens is 1. The van der Waals surface area contributed by atoms with Crippen molar-refractivity contribution in [3.05, 3.63) is 34.4 Å². The summed E-state index contributed by atoms with van der Waals surface area (Å²) in [5, 5.41) is 10.4. The van der Waals surface area contributed by atoms with Gasteiger partial charge in [0.2, 0.25) is 0 Å². The maximum Gasteiger partial charge on any atom is 0.364 e. The summed E-state index contributed by atoms with van der Waals surface area (Å²) >= 11 is 6.03. The molecule has 0 N–H and O–H groups in total. The van der Waals surface area contributed by atoms with Gasteiger partial charge in [0.05, 0.1) is 4.92 Å². The number of hydrogen-bond donors (Lipinski definition) is 0. The number of nitrogens with zero attached hydrogens (tertiary/aromatic N) is 2. The van der Waals surface area contributed by atoms with Crippen LogP contribution in [0.1, 0.15) is 0 Å². The van der Waals surface area contributed by atoms with Gasteiger partial charge in [0, 0.05) is 12.1 Å². The largest absolute Gasteiger partial charge is 0.364 e. The molecule has 0 aliphatic heterocycles. The molecule has 0 heterocycles. The maximum absolute atomic E-state index is 10.4. The van der Waals surface area contributed by atoms with Gasteiger partial charge in [0.1, 0.15) is 0 Å². The molecule has 6 heteroatoms. The van der Waals surface area contributed by atoms with E-state index in [0.29, 0.717) is 0 Å². The highest BCUT2D eigenvalue weighted by Crippen LogP contribution is 2.08. The average Bonchev–Trinajstić information content (AvgIpc) is 2.16. The molecule has 0 aromatic heterocycles. The normalized spacial score (nSPS) is 10.3. The average molecular weight is 212 g/mol. The van der Waals surface area contributed by atoms with E-state index in [-0.39, 0.29) is 12.0 Å². The Labute approximate surface area is 87.6 Å². The number of nitro groups is 1. The minimum atomic E-state index is -0.428. The topological polar surface area (TPSA) is 46.4 Å². The van der Waals surface area contributed by atoms with E-state index in [4.69, 9.17) is 11.5 Å². The maximum atomic E-state index is 10.4. The molecule has 0 saturated heterocycles. The van der Waals surface area contributed by atoms with E-state index in [1.165, 1.54) is 12.1 Å². The van der Waals surface area contributed by atoms with Gasteiger partial charge in [-0.05, 0) is 19.6 Å². The summed E-state index contributed by atoms with van der Waals surface area (Å²) in [6.45, 7) is 0. The summed E-state index contributed by atoms with van der Waals surface area (Å²) in [5.41, 5.74) is 0.929. The highest BCUT2D eigenvalue weighted by atomic mass is 35.5. The molecule has 0 amide bonds. The number of nitro benzene ring substituents is 1. The summed E-state index contributed by atoms with van der Waals surface area (Å²) < 4.78 is 0. The lowest BCUT2D eigenvalue weighted by atomic mass is 9.79. The zero-order chi connectivity index (χ0) is 10.7. The first-order valence-electron chi connectivity index (χ1n) is 4.07. The van der Waals surface area contributed by atoms with E-state index in [1.807, 2.05) is 18.9 Å². The second kappa shape index (κ2) is 4.44. The number of rotatable bonds is 3. The molecule has 0 fully saturated rings. The molecule has 4 nitrogen and oxygen atoms in total. The summed E-state index contributed by atoms with van der Waals surface area (Å²) in [5.74, 6) is 0. The van der Waals surface area contributed by atoms with Crippen LogP contribution >= 0.6 is 11.5 Å². The van der Waals surface area contributed by atoms with Crippen molar-refractivity contribution in [3.8, 4) is 0 Å². The van der Waals surface area contributed by atoms with Crippen molar-refractivity contribution in [2.75, 3.05) is 14.1 Å². The van der Waals surface area contributed by atoms with Crippen molar-refractivity contribution in [3.63, 3.8) is 0 Å². The van der Waals surface area contributed by atoms with Gasteiger partial charge in [-0.3, -0.25) is 10.1 Å². The molecule has 1 aromatic rings. The molecule has 0 saturated carbocycles. The van der Waals surface area contributed by atoms with Crippen LogP contribution in [0.5, 0.6) is 0 Å². The van der Waals surface area contributed by atoms with Gasteiger partial charge in [0.25, 0.3) is 5.69 Å². The van der Waals surface area contributed by atoms with Gasteiger partial charge < -0.3 is 4.81 Å². The van der Waals surface area contributed by atoms with E-state index in [1.54, 1.807) is 12.1 Å². The third-order valence-electron chi connectivity index (χ3n) is 1.83. The van der Waals surface area contributed by atoms with Gasteiger partial charge in [-0.2, -0.15) is 11.5 Å². The predicted octanol–water partition coefficient (Wildman–Crippen LogP) is 1.09. The molecule has 0 radical (unpaired) electrons. The molecule has 0 aliphatic rings. The van der Waals surface area contributed by atoms with Crippen molar-refractivity contribution in [1.29, 1.82) is 0 Å². The molecule has 0 atom stereocenters. The minimum absolute atomic E-state index is 0.0800. The zero-order valence-electron chi connectivity index (χ0n) is 7.98. The van der Waals surface area contributed by atoms with E-state index in [0.717, 1.165) is 5.46 Å². The lowest BCUT2D eigenvalue weighted by molar-refractivity contribution is -0.384. The molecule has 14 heavy (non-hydrogen) atoms. The Morgan fingerprint density at radius 1 is 1.36 bits per heavy atom. The van der Waals surface area contributed by atoms with Gasteiger partial charge in [-0.25, -0.2) is 0 Å². The molecule has 0 aliphatic carbocycles. The number of non-ortho nitro benzene ring substituents is 1. The van der Waals surface area contributed by atoms with Gasteiger partial charge in [-0.15, -0.1) is 0 Å². The van der Waals surface area contributed by atoms with Crippen LogP contribution in [0.3, 0.4) is 0 Å². The Balaban J connectivity index is 2.88. The third kappa shape index (κ3) is 2.46. The van der Waals surface area contributed by atoms with Gasteiger partial charge >= 0.3 is 6.26 Å². The number of benzene rings is 1. The summed E-state index contributed by atoms with van der Waals surface area (Å²) in [4.78, 5) is 11.8. The van der Waals surface area contributed by atoms with E-state index in [9.17, 15) is 10.1 Å². The lowest BCUT2D eigenvalue weighted by Crippen LogP contribution is -2.38. The molecular formula is C8H10BClN2O2. The molecule has 74 valence electrons. The van der Waals surface area contributed by atoms with E-state index >= 15 is 0 Å². The smallest absolute Gasteiger partial charge is 0.330 e. The van der Waals surface area contributed by atoms with Crippen LogP contribution in [-0.4, -0.2) is 30.1 Å². The molecule has 1 rings (SSSR count). The summed E-state index contributed by atoms with van der Waals surface area (Å²) in [6.07, 6.45) is -0.254. The van der Waals surface area contributed by atoms with Crippen LogP contribution in [0.15, 0.2) is 24.3 Å². The summed E-state index contributed by atoms with van der Waals surface area (Å²) in [7, 11) is 3.69. The van der Waals surface area contributed by atoms with Crippen molar-refractivity contribution < 1.29 is 4.92 Å². The van der Waals surface area contributed by atoms with Crippen molar-refractivity contribution in [1.82, 2.24) is 4.81 Å². The number of hydrogen-bond acceptors (Lipinski definition) is 3. The summed E-state index contributed by atoms with van der Waals surface area (Å²) in [6, 6.07) is 6.23. The van der Waals surface area contributed by atoms with Crippen molar-refractivity contribution in [2.24, 2.45) is 0 Å². The highest BCUT2D eigenvalue weighted by Gasteiger charge is 2.17. The third-order valence-corrected chi connectivity index (χ3v) is 2.47. The Hall–Kier alpha value is -1.07. The van der Waals surface area contributed by atoms with Crippen LogP contribution in [0, 0.1) is 10.1 Å². The van der Waals surface area contributed by atoms with Crippen LogP contribution in [0.2, 0.25) is 0 Å². The first-order valence-corrected chi connectivity index (χ1v) is 4.51. The standard InChI is InChI=1S/C8H10BClN2O2/c1-11(2)9(10)7-3-5-8(6-4-7)12(13)14/h3-6H,1-2H3. The molecule has 0 spiro atoms. The molecular weight excluding hydrogens is 202 g/mol. The first-order chi connectivity index (χ1) is 6.52. The van der Waals surface area contributed by atoms with Crippen molar-refractivity contribution >= 4 is 28.9 Å². The lowest BCUT2D eigenvalue weighted by Gasteiger charge is -2.13. The second-order valence-corrected chi connectivity index (χ2v) is 3.56. The Kier molecular flexibility index (Phi) is 3.49. The minimum Gasteiger partial charge on any atom is -0.330 e. The fraction of sp³-hybridized carbons (Fsp3) is 0.250. The Morgan fingerprint density at radius 3 is 2.21 bits per heavy atom. The Morgan fingerprint density at radius 2 is 1.86 bits per heavy atom. The molecule has 1 aromatic carbocycles. The predicted molar refractivity (Wildman–Crippen MR) is 58.0 cm³/mol. The highest BCUT2D eigenvalue weighted by molar-refractivity contribution is 7.12. The second-order valence-electron chi connectivity index (χ2n) is 3.15. The van der Waals surface area contributed by atoms with Gasteiger partial charge in [0.15, 0.2) is 0 Å². The monoisotopic (exact) mass is 212 g/mol. The fourth-order valence-corrected chi connectivity index (χ4v) is 1.20. The first kappa shape index (κ1) is 11.0. The Bertz CT molecular complexity index is 329. The van der Waals surface area contributed by atoms with Crippen LogP contribution in [0.25, 0.3) is 0 Å². The van der Waals surface area contributed by atoms with Crippen LogP contribution in [-0.2, 0) is 0 Å². The SMILES string of the molecule is CN(C)B(Cl)c1ccc([N+](=O)[O-])cc1. The van der Waals surface area contributed by atoms with Crippen LogP contribution in [0.4, 0.5) is 5.69 Å². The fourth-order valence-electron chi connectivity index (χ4n) is 1.05. The zero-order valence-corrected chi connectivity index (χ0v) is 8.73. The van der Waals surface area contributed by atoms with Crippen LogP contribution < -0.4 is 5.46 Å². The van der Waals surface area contributed by atoms with Gasteiger partial charge in [-0.1, -0.05) is 12.1 Å².